The van der Waals surface area contributed by atoms with Crippen LogP contribution in [-0.2, 0) is 0 Å². The van der Waals surface area contributed by atoms with Crippen LogP contribution in [0.3, 0.4) is 0 Å². The van der Waals surface area contributed by atoms with Gasteiger partial charge in [-0.1, -0.05) is 57.4 Å². The molecule has 12 heavy (non-hydrogen) atoms. The van der Waals surface area contributed by atoms with E-state index in [1.807, 2.05) is 0 Å². The van der Waals surface area contributed by atoms with Crippen LogP contribution in [0.4, 0.5) is 0 Å². The van der Waals surface area contributed by atoms with Crippen LogP contribution in [0.1, 0.15) is 47.0 Å². The number of hydrogen-bond donors (Lipinski definition) is 0. The van der Waals surface area contributed by atoms with E-state index in [1.54, 1.807) is 11.1 Å². The van der Waals surface area contributed by atoms with Crippen LogP contribution in [0, 0.1) is 5.41 Å². The summed E-state index contributed by atoms with van der Waals surface area (Å²) in [5.74, 6) is 0. The minimum Gasteiger partial charge on any atom is -0.0661 e. The van der Waals surface area contributed by atoms with Crippen LogP contribution in [0.5, 0.6) is 0 Å². The van der Waals surface area contributed by atoms with Gasteiger partial charge in [-0.3, -0.25) is 0 Å². The molecule has 0 heterocycles. The first kappa shape index (κ1) is 9.57. The van der Waals surface area contributed by atoms with Crippen LogP contribution < -0.4 is 0 Å². The van der Waals surface area contributed by atoms with Crippen LogP contribution in [0.2, 0.25) is 0 Å². The summed E-state index contributed by atoms with van der Waals surface area (Å²) in [6.07, 6.45) is 8.39. The predicted octanol–water partition coefficient (Wildman–Crippen LogP) is 4.09. The molecular formula is C12H20. The Labute approximate surface area is 76.4 Å². The molecule has 0 unspecified atom stereocenters. The quantitative estimate of drug-likeness (QED) is 0.576. The van der Waals surface area contributed by atoms with Crippen molar-refractivity contribution in [1.29, 1.82) is 0 Å². The average Bonchev–Trinajstić information content (AvgIpc) is 2.35. The van der Waals surface area contributed by atoms with Crippen molar-refractivity contribution in [1.82, 2.24) is 0 Å². The SMILES string of the molecule is CCCC1=CC=C(C(C)(C)C)C1. The molecule has 0 saturated carbocycles. The molecule has 1 aliphatic carbocycles. The Morgan fingerprint density at radius 1 is 1.25 bits per heavy atom. The second-order valence-corrected chi connectivity index (χ2v) is 4.69. The standard InChI is InChI=1S/C12H20/c1-5-6-10-7-8-11(9-10)12(2,3)4/h7-8H,5-6,9H2,1-4H3. The van der Waals surface area contributed by atoms with Gasteiger partial charge >= 0.3 is 0 Å². The summed E-state index contributed by atoms with van der Waals surface area (Å²) in [6, 6.07) is 0. The first-order chi connectivity index (χ1) is 5.54. The van der Waals surface area contributed by atoms with E-state index in [4.69, 9.17) is 0 Å². The summed E-state index contributed by atoms with van der Waals surface area (Å²) in [5.41, 5.74) is 3.57. The third kappa shape index (κ3) is 2.23. The van der Waals surface area contributed by atoms with Crippen molar-refractivity contribution in [3.05, 3.63) is 23.3 Å². The van der Waals surface area contributed by atoms with E-state index in [9.17, 15) is 0 Å². The molecule has 0 aromatic rings. The summed E-state index contributed by atoms with van der Waals surface area (Å²) in [7, 11) is 0. The lowest BCUT2D eigenvalue weighted by molar-refractivity contribution is 0.493. The molecular weight excluding hydrogens is 144 g/mol. The van der Waals surface area contributed by atoms with Crippen LogP contribution in [-0.4, -0.2) is 0 Å². The molecule has 0 N–H and O–H groups in total. The summed E-state index contributed by atoms with van der Waals surface area (Å²) < 4.78 is 0. The third-order valence-electron chi connectivity index (χ3n) is 2.47. The maximum atomic E-state index is 2.31. The van der Waals surface area contributed by atoms with E-state index >= 15 is 0 Å². The first-order valence-electron chi connectivity index (χ1n) is 4.93. The Balaban J connectivity index is 2.50. The van der Waals surface area contributed by atoms with E-state index in [0.29, 0.717) is 5.41 Å². The molecule has 0 bridgehead atoms. The second kappa shape index (κ2) is 3.47. The molecule has 0 nitrogen and oxygen atoms in total. The highest BCUT2D eigenvalue weighted by molar-refractivity contribution is 5.33. The Kier molecular flexibility index (Phi) is 2.76. The molecule has 0 spiro atoms. The second-order valence-electron chi connectivity index (χ2n) is 4.69. The van der Waals surface area contributed by atoms with E-state index in [-0.39, 0.29) is 0 Å². The fourth-order valence-corrected chi connectivity index (χ4v) is 1.59. The molecule has 0 atom stereocenters. The highest BCUT2D eigenvalue weighted by atomic mass is 14.2. The summed E-state index contributed by atoms with van der Waals surface area (Å²) in [5, 5.41) is 0. The zero-order chi connectivity index (χ0) is 9.19. The van der Waals surface area contributed by atoms with Crippen molar-refractivity contribution in [3.8, 4) is 0 Å². The van der Waals surface area contributed by atoms with Gasteiger partial charge in [-0.05, 0) is 18.3 Å². The van der Waals surface area contributed by atoms with Gasteiger partial charge in [-0.2, -0.15) is 0 Å². The lowest BCUT2D eigenvalue weighted by atomic mass is 9.84. The Hall–Kier alpha value is -0.520. The van der Waals surface area contributed by atoms with Gasteiger partial charge in [0.2, 0.25) is 0 Å². The third-order valence-corrected chi connectivity index (χ3v) is 2.47. The molecule has 0 aromatic carbocycles. The highest BCUT2D eigenvalue weighted by Gasteiger charge is 2.19. The maximum absolute atomic E-state index is 2.31. The van der Waals surface area contributed by atoms with Gasteiger partial charge in [0.15, 0.2) is 0 Å². The van der Waals surface area contributed by atoms with E-state index in [0.717, 1.165) is 0 Å². The van der Waals surface area contributed by atoms with Gasteiger partial charge < -0.3 is 0 Å². The Morgan fingerprint density at radius 2 is 1.92 bits per heavy atom. The van der Waals surface area contributed by atoms with Crippen molar-refractivity contribution >= 4 is 0 Å². The Morgan fingerprint density at radius 3 is 2.33 bits per heavy atom. The zero-order valence-electron chi connectivity index (χ0n) is 8.78. The lowest BCUT2D eigenvalue weighted by Gasteiger charge is -2.20. The Bertz CT molecular complexity index is 211. The highest BCUT2D eigenvalue weighted by Crippen LogP contribution is 2.35. The van der Waals surface area contributed by atoms with Gasteiger partial charge in [-0.15, -0.1) is 0 Å². The van der Waals surface area contributed by atoms with E-state index in [1.165, 1.54) is 19.3 Å². The van der Waals surface area contributed by atoms with Crippen molar-refractivity contribution < 1.29 is 0 Å². The normalized spacial score (nSPS) is 17.7. The largest absolute Gasteiger partial charge is 0.0661 e. The summed E-state index contributed by atoms with van der Waals surface area (Å²) in [6.45, 7) is 9.13. The van der Waals surface area contributed by atoms with Crippen LogP contribution >= 0.6 is 0 Å². The van der Waals surface area contributed by atoms with Crippen molar-refractivity contribution in [3.63, 3.8) is 0 Å². The predicted molar refractivity (Wildman–Crippen MR) is 55.1 cm³/mol. The fraction of sp³-hybridized carbons (Fsp3) is 0.667. The molecule has 0 radical (unpaired) electrons. The smallest absolute Gasteiger partial charge is 0.00970 e. The number of hydrogen-bond acceptors (Lipinski definition) is 0. The molecule has 0 aromatic heterocycles. The molecule has 0 amide bonds. The van der Waals surface area contributed by atoms with Crippen LogP contribution in [0.25, 0.3) is 0 Å². The van der Waals surface area contributed by atoms with E-state index < -0.39 is 0 Å². The first-order valence-corrected chi connectivity index (χ1v) is 4.93. The number of rotatable bonds is 2. The fourth-order valence-electron chi connectivity index (χ4n) is 1.59. The van der Waals surface area contributed by atoms with Gasteiger partial charge in [0.25, 0.3) is 0 Å². The topological polar surface area (TPSA) is 0 Å². The van der Waals surface area contributed by atoms with Gasteiger partial charge in [-0.25, -0.2) is 0 Å². The monoisotopic (exact) mass is 164 g/mol. The molecule has 1 rings (SSSR count). The van der Waals surface area contributed by atoms with Crippen molar-refractivity contribution in [2.75, 3.05) is 0 Å². The minimum atomic E-state index is 0.367. The maximum Gasteiger partial charge on any atom is -0.00970 e. The van der Waals surface area contributed by atoms with E-state index in [2.05, 4.69) is 39.8 Å². The zero-order valence-corrected chi connectivity index (χ0v) is 8.78. The van der Waals surface area contributed by atoms with Crippen molar-refractivity contribution in [2.45, 2.75) is 47.0 Å². The molecule has 0 saturated heterocycles. The average molecular weight is 164 g/mol. The molecule has 0 aliphatic heterocycles. The van der Waals surface area contributed by atoms with Gasteiger partial charge in [0.05, 0.1) is 0 Å². The molecule has 0 fully saturated rings. The van der Waals surface area contributed by atoms with Crippen molar-refractivity contribution in [2.24, 2.45) is 5.41 Å². The van der Waals surface area contributed by atoms with Gasteiger partial charge in [0, 0.05) is 0 Å². The molecule has 0 heteroatoms. The lowest BCUT2D eigenvalue weighted by Crippen LogP contribution is -2.07. The minimum absolute atomic E-state index is 0.367. The molecule has 1 aliphatic rings. The van der Waals surface area contributed by atoms with Crippen LogP contribution in [0.15, 0.2) is 23.3 Å². The summed E-state index contributed by atoms with van der Waals surface area (Å²) in [4.78, 5) is 0. The molecule has 68 valence electrons. The number of allylic oxidation sites excluding steroid dienone is 4. The summed E-state index contributed by atoms with van der Waals surface area (Å²) >= 11 is 0. The van der Waals surface area contributed by atoms with Gasteiger partial charge in [0.1, 0.15) is 0 Å².